The topological polar surface area (TPSA) is 32.3 Å². The second-order valence-corrected chi connectivity index (χ2v) is 6.75. The van der Waals surface area contributed by atoms with Crippen LogP contribution in [0.25, 0.3) is 0 Å². The number of hydrogen-bond acceptors (Lipinski definition) is 2. The molecular weight excluding hydrogens is 326 g/mol. The molecule has 0 radical (unpaired) electrons. The van der Waals surface area contributed by atoms with Crippen molar-refractivity contribution in [2.24, 2.45) is 0 Å². The summed E-state index contributed by atoms with van der Waals surface area (Å²) >= 11 is 3.54. The van der Waals surface area contributed by atoms with Crippen molar-refractivity contribution < 1.29 is 5.11 Å². The minimum Gasteiger partial charge on any atom is -0.508 e. The minimum absolute atomic E-state index is 0.249. The zero-order chi connectivity index (χ0) is 14.8. The molecule has 1 aliphatic carbocycles. The van der Waals surface area contributed by atoms with Crippen molar-refractivity contribution in [1.82, 2.24) is 5.32 Å². The van der Waals surface area contributed by atoms with Gasteiger partial charge < -0.3 is 10.4 Å². The second kappa shape index (κ2) is 6.20. The van der Waals surface area contributed by atoms with Crippen molar-refractivity contribution in [3.8, 4) is 5.75 Å². The Morgan fingerprint density at radius 1 is 1.19 bits per heavy atom. The van der Waals surface area contributed by atoms with Crippen molar-refractivity contribution in [3.63, 3.8) is 0 Å². The van der Waals surface area contributed by atoms with E-state index in [0.717, 1.165) is 24.8 Å². The molecule has 0 bridgehead atoms. The van der Waals surface area contributed by atoms with E-state index >= 15 is 0 Å². The molecule has 0 aliphatic heterocycles. The summed E-state index contributed by atoms with van der Waals surface area (Å²) in [5.74, 6) is 0.333. The molecule has 3 rings (SSSR count). The highest BCUT2D eigenvalue weighted by molar-refractivity contribution is 9.10. The van der Waals surface area contributed by atoms with Crippen molar-refractivity contribution in [2.75, 3.05) is 0 Å². The monoisotopic (exact) mass is 345 g/mol. The largest absolute Gasteiger partial charge is 0.508 e. The number of rotatable bonds is 3. The molecule has 0 saturated carbocycles. The van der Waals surface area contributed by atoms with Gasteiger partial charge in [0.05, 0.1) is 0 Å². The molecule has 3 heteroatoms. The van der Waals surface area contributed by atoms with Crippen LogP contribution in [0.4, 0.5) is 0 Å². The third-order valence-electron chi connectivity index (χ3n) is 4.25. The third-order valence-corrected chi connectivity index (χ3v) is 4.75. The van der Waals surface area contributed by atoms with Crippen LogP contribution in [0.5, 0.6) is 5.75 Å². The molecule has 0 amide bonds. The number of aromatic hydroxyl groups is 1. The van der Waals surface area contributed by atoms with Gasteiger partial charge in [-0.2, -0.15) is 0 Å². The molecule has 2 aromatic carbocycles. The Hall–Kier alpha value is -1.32. The van der Waals surface area contributed by atoms with Gasteiger partial charge in [-0.3, -0.25) is 0 Å². The lowest BCUT2D eigenvalue weighted by Gasteiger charge is -2.29. The summed E-state index contributed by atoms with van der Waals surface area (Å²) in [5.41, 5.74) is 4.05. The van der Waals surface area contributed by atoms with Crippen LogP contribution in [0.15, 0.2) is 46.9 Å². The first kappa shape index (κ1) is 14.6. The fourth-order valence-corrected chi connectivity index (χ4v) is 3.52. The van der Waals surface area contributed by atoms with Crippen LogP contribution in [-0.4, -0.2) is 11.1 Å². The SMILES string of the molecule is CC(NC1CCc2cc(Br)ccc2C1)c1cccc(O)c1. The number of nitrogens with one attached hydrogen (secondary N) is 1. The number of halogens is 1. The van der Waals surface area contributed by atoms with Gasteiger partial charge in [-0.15, -0.1) is 0 Å². The summed E-state index contributed by atoms with van der Waals surface area (Å²) in [7, 11) is 0. The molecule has 0 fully saturated rings. The zero-order valence-electron chi connectivity index (χ0n) is 12.1. The molecule has 2 atom stereocenters. The van der Waals surface area contributed by atoms with E-state index in [1.54, 1.807) is 6.07 Å². The third kappa shape index (κ3) is 3.47. The fourth-order valence-electron chi connectivity index (χ4n) is 3.11. The molecular formula is C18H20BrNO. The molecule has 1 aliphatic rings. The van der Waals surface area contributed by atoms with Gasteiger partial charge in [0.1, 0.15) is 5.75 Å². The minimum atomic E-state index is 0.249. The highest BCUT2D eigenvalue weighted by Gasteiger charge is 2.20. The summed E-state index contributed by atoms with van der Waals surface area (Å²) < 4.78 is 1.17. The Morgan fingerprint density at radius 2 is 2.05 bits per heavy atom. The predicted molar refractivity (Wildman–Crippen MR) is 89.6 cm³/mol. The number of phenolic OH excluding ortho intramolecular Hbond substituents is 1. The van der Waals surface area contributed by atoms with E-state index in [0.29, 0.717) is 11.8 Å². The molecule has 2 aromatic rings. The number of phenols is 1. The Bertz CT molecular complexity index is 641. The predicted octanol–water partition coefficient (Wildman–Crippen LogP) is 4.36. The van der Waals surface area contributed by atoms with Gasteiger partial charge in [0.15, 0.2) is 0 Å². The van der Waals surface area contributed by atoms with Crippen LogP contribution < -0.4 is 5.32 Å². The van der Waals surface area contributed by atoms with Crippen LogP contribution in [0.2, 0.25) is 0 Å². The summed E-state index contributed by atoms with van der Waals surface area (Å²) in [6.45, 7) is 2.16. The molecule has 2 unspecified atom stereocenters. The van der Waals surface area contributed by atoms with Crippen molar-refractivity contribution in [2.45, 2.75) is 38.3 Å². The molecule has 2 N–H and O–H groups in total. The maximum Gasteiger partial charge on any atom is 0.115 e. The Morgan fingerprint density at radius 3 is 2.86 bits per heavy atom. The molecule has 0 heterocycles. The van der Waals surface area contributed by atoms with Crippen LogP contribution in [0.1, 0.15) is 36.1 Å². The van der Waals surface area contributed by atoms with Crippen LogP contribution in [-0.2, 0) is 12.8 Å². The van der Waals surface area contributed by atoms with Crippen LogP contribution in [0.3, 0.4) is 0 Å². The van der Waals surface area contributed by atoms with Gasteiger partial charge in [-0.25, -0.2) is 0 Å². The van der Waals surface area contributed by atoms with Crippen molar-refractivity contribution >= 4 is 15.9 Å². The first-order valence-corrected chi connectivity index (χ1v) is 8.23. The first-order chi connectivity index (χ1) is 10.1. The smallest absolute Gasteiger partial charge is 0.115 e. The standard InChI is InChI=1S/C18H20BrNO/c1-12(13-3-2-4-18(21)11-13)20-17-8-6-14-9-16(19)7-5-15(14)10-17/h2-5,7,9,11-12,17,20-21H,6,8,10H2,1H3. The molecule has 0 saturated heterocycles. The quantitative estimate of drug-likeness (QED) is 0.865. The van der Waals surface area contributed by atoms with Crippen molar-refractivity contribution in [3.05, 3.63) is 63.6 Å². The lowest BCUT2D eigenvalue weighted by Crippen LogP contribution is -2.36. The van der Waals surface area contributed by atoms with Gasteiger partial charge in [-0.05, 0) is 67.1 Å². The van der Waals surface area contributed by atoms with Gasteiger partial charge in [0.25, 0.3) is 0 Å². The molecule has 0 spiro atoms. The van der Waals surface area contributed by atoms with E-state index in [1.165, 1.54) is 15.6 Å². The Balaban J connectivity index is 1.68. The van der Waals surface area contributed by atoms with E-state index in [1.807, 2.05) is 12.1 Å². The zero-order valence-corrected chi connectivity index (χ0v) is 13.7. The molecule has 0 aromatic heterocycles. The van der Waals surface area contributed by atoms with E-state index in [2.05, 4.69) is 52.4 Å². The first-order valence-electron chi connectivity index (χ1n) is 7.44. The summed E-state index contributed by atoms with van der Waals surface area (Å²) in [4.78, 5) is 0. The lowest BCUT2D eigenvalue weighted by atomic mass is 9.88. The maximum absolute atomic E-state index is 9.59. The van der Waals surface area contributed by atoms with Gasteiger partial charge in [0.2, 0.25) is 0 Å². The summed E-state index contributed by atoms with van der Waals surface area (Å²) in [5, 5.41) is 13.3. The number of aryl methyl sites for hydroxylation is 1. The summed E-state index contributed by atoms with van der Waals surface area (Å²) in [6, 6.07) is 14.9. The average molecular weight is 346 g/mol. The van der Waals surface area contributed by atoms with E-state index < -0.39 is 0 Å². The Kier molecular flexibility index (Phi) is 4.32. The number of benzene rings is 2. The molecule has 21 heavy (non-hydrogen) atoms. The number of fused-ring (bicyclic) bond motifs is 1. The van der Waals surface area contributed by atoms with E-state index in [9.17, 15) is 5.11 Å². The highest BCUT2D eigenvalue weighted by Crippen LogP contribution is 2.26. The van der Waals surface area contributed by atoms with Gasteiger partial charge in [0, 0.05) is 16.6 Å². The van der Waals surface area contributed by atoms with Crippen LogP contribution in [0, 0.1) is 0 Å². The van der Waals surface area contributed by atoms with E-state index in [-0.39, 0.29) is 6.04 Å². The normalized spacial score (nSPS) is 19.0. The highest BCUT2D eigenvalue weighted by atomic mass is 79.9. The van der Waals surface area contributed by atoms with E-state index in [4.69, 9.17) is 0 Å². The number of hydrogen-bond donors (Lipinski definition) is 2. The fraction of sp³-hybridized carbons (Fsp3) is 0.333. The van der Waals surface area contributed by atoms with Gasteiger partial charge in [-0.1, -0.05) is 34.1 Å². The van der Waals surface area contributed by atoms with Crippen molar-refractivity contribution in [1.29, 1.82) is 0 Å². The second-order valence-electron chi connectivity index (χ2n) is 5.84. The van der Waals surface area contributed by atoms with Crippen LogP contribution >= 0.6 is 15.9 Å². The molecule has 110 valence electrons. The Labute approximate surface area is 134 Å². The summed E-state index contributed by atoms with van der Waals surface area (Å²) in [6.07, 6.45) is 3.36. The lowest BCUT2D eigenvalue weighted by molar-refractivity contribution is 0.411. The van der Waals surface area contributed by atoms with Gasteiger partial charge >= 0.3 is 0 Å². The average Bonchev–Trinajstić information content (AvgIpc) is 2.47. The molecule has 2 nitrogen and oxygen atoms in total. The maximum atomic E-state index is 9.59.